The second kappa shape index (κ2) is 7.25. The highest BCUT2D eigenvalue weighted by Crippen LogP contribution is 2.35. The molecule has 0 amide bonds. The van der Waals surface area contributed by atoms with Crippen LogP contribution in [0.1, 0.15) is 27.6 Å². The molecule has 0 bridgehead atoms. The van der Waals surface area contributed by atoms with Crippen LogP contribution in [0.2, 0.25) is 0 Å². The van der Waals surface area contributed by atoms with Crippen LogP contribution >= 0.6 is 22.6 Å². The van der Waals surface area contributed by atoms with E-state index in [0.717, 1.165) is 9.13 Å². The molecule has 126 valence electrons. The fourth-order valence-electron chi connectivity index (χ4n) is 1.99. The van der Waals surface area contributed by atoms with E-state index in [1.165, 1.54) is 36.4 Å². The van der Waals surface area contributed by atoms with E-state index < -0.39 is 24.0 Å². The van der Waals surface area contributed by atoms with Crippen molar-refractivity contribution >= 4 is 34.5 Å². The Hall–Kier alpha value is -2.03. The third-order valence-corrected chi connectivity index (χ3v) is 4.51. The van der Waals surface area contributed by atoms with Crippen molar-refractivity contribution in [2.75, 3.05) is 0 Å². The SMILES string of the molecule is Cc1ccc(C(=O)OC(c2ccccc2)C(F)(F)C(=O)O)cc1I. The fourth-order valence-corrected chi connectivity index (χ4v) is 2.50. The van der Waals surface area contributed by atoms with Gasteiger partial charge in [0.15, 0.2) is 0 Å². The standard InChI is InChI=1S/C17H13F2IO4/c1-10-7-8-12(9-13(10)20)15(21)24-14(17(18,19)16(22)23)11-5-3-2-4-6-11/h2-9,14H,1H3,(H,22,23). The van der Waals surface area contributed by atoms with Crippen molar-refractivity contribution in [2.24, 2.45) is 0 Å². The van der Waals surface area contributed by atoms with Gasteiger partial charge in [-0.1, -0.05) is 36.4 Å². The molecule has 0 saturated carbocycles. The Labute approximate surface area is 150 Å². The molecule has 0 fully saturated rings. The number of halogens is 3. The zero-order valence-corrected chi connectivity index (χ0v) is 14.7. The zero-order valence-electron chi connectivity index (χ0n) is 12.5. The summed E-state index contributed by atoms with van der Waals surface area (Å²) in [6, 6.07) is 11.7. The number of benzene rings is 2. The van der Waals surface area contributed by atoms with E-state index in [2.05, 4.69) is 0 Å². The normalized spacial score (nSPS) is 12.5. The van der Waals surface area contributed by atoms with E-state index in [1.54, 1.807) is 12.1 Å². The summed E-state index contributed by atoms with van der Waals surface area (Å²) in [5.74, 6) is -7.63. The molecule has 7 heteroatoms. The van der Waals surface area contributed by atoms with Crippen LogP contribution in [0, 0.1) is 10.5 Å². The number of carboxylic acids is 1. The topological polar surface area (TPSA) is 63.6 Å². The maximum Gasteiger partial charge on any atom is 0.382 e. The maximum absolute atomic E-state index is 14.0. The highest BCUT2D eigenvalue weighted by molar-refractivity contribution is 14.1. The molecule has 1 atom stereocenters. The summed E-state index contributed by atoms with van der Waals surface area (Å²) in [6.07, 6.45) is -2.22. The molecule has 2 rings (SSSR count). The molecule has 0 aliphatic heterocycles. The summed E-state index contributed by atoms with van der Waals surface area (Å²) in [5, 5.41) is 8.79. The van der Waals surface area contributed by atoms with Crippen molar-refractivity contribution in [1.29, 1.82) is 0 Å². The third kappa shape index (κ3) is 3.89. The number of alkyl halides is 2. The van der Waals surface area contributed by atoms with Crippen molar-refractivity contribution in [2.45, 2.75) is 19.0 Å². The first kappa shape index (κ1) is 18.3. The summed E-state index contributed by atoms with van der Waals surface area (Å²) >= 11 is 2.01. The number of carbonyl (C=O) groups excluding carboxylic acids is 1. The summed E-state index contributed by atoms with van der Waals surface area (Å²) in [5.41, 5.74) is 0.898. The molecular weight excluding hydrogens is 433 g/mol. The van der Waals surface area contributed by atoms with Gasteiger partial charge in [-0.3, -0.25) is 0 Å². The number of hydrogen-bond acceptors (Lipinski definition) is 3. The van der Waals surface area contributed by atoms with Crippen LogP contribution in [-0.4, -0.2) is 23.0 Å². The molecule has 0 heterocycles. The van der Waals surface area contributed by atoms with Crippen LogP contribution in [0.3, 0.4) is 0 Å². The van der Waals surface area contributed by atoms with Gasteiger partial charge < -0.3 is 9.84 Å². The molecule has 0 aromatic heterocycles. The van der Waals surface area contributed by atoms with E-state index in [-0.39, 0.29) is 11.1 Å². The van der Waals surface area contributed by atoms with Crippen molar-refractivity contribution in [3.05, 3.63) is 68.8 Å². The Morgan fingerprint density at radius 2 is 1.79 bits per heavy atom. The van der Waals surface area contributed by atoms with Gasteiger partial charge in [-0.15, -0.1) is 0 Å². The average Bonchev–Trinajstić information content (AvgIpc) is 2.55. The summed E-state index contributed by atoms with van der Waals surface area (Å²) in [4.78, 5) is 23.1. The molecule has 0 radical (unpaired) electrons. The molecule has 2 aromatic carbocycles. The minimum absolute atomic E-state index is 0.0760. The van der Waals surface area contributed by atoms with Crippen molar-refractivity contribution in [1.82, 2.24) is 0 Å². The lowest BCUT2D eigenvalue weighted by Gasteiger charge is -2.24. The average molecular weight is 446 g/mol. The monoisotopic (exact) mass is 446 g/mol. The molecule has 4 nitrogen and oxygen atoms in total. The molecule has 24 heavy (non-hydrogen) atoms. The van der Waals surface area contributed by atoms with Crippen LogP contribution in [0.5, 0.6) is 0 Å². The van der Waals surface area contributed by atoms with E-state index in [4.69, 9.17) is 9.84 Å². The fraction of sp³-hybridized carbons (Fsp3) is 0.176. The Morgan fingerprint density at radius 3 is 2.33 bits per heavy atom. The first-order valence-electron chi connectivity index (χ1n) is 6.86. The summed E-state index contributed by atoms with van der Waals surface area (Å²) in [6.45, 7) is 1.84. The lowest BCUT2D eigenvalue weighted by Crippen LogP contribution is -2.38. The van der Waals surface area contributed by atoms with Gasteiger partial charge in [-0.2, -0.15) is 8.78 Å². The number of aliphatic carboxylic acids is 1. The molecular formula is C17H13F2IO4. The van der Waals surface area contributed by atoms with Gasteiger partial charge in [-0.05, 0) is 52.8 Å². The van der Waals surface area contributed by atoms with Crippen LogP contribution < -0.4 is 0 Å². The summed E-state index contributed by atoms with van der Waals surface area (Å²) < 4.78 is 33.7. The number of ether oxygens (including phenoxy) is 1. The van der Waals surface area contributed by atoms with E-state index in [9.17, 15) is 18.4 Å². The highest BCUT2D eigenvalue weighted by atomic mass is 127. The first-order chi connectivity index (χ1) is 11.2. The second-order valence-electron chi connectivity index (χ2n) is 5.09. The van der Waals surface area contributed by atoms with Gasteiger partial charge in [0, 0.05) is 3.57 Å². The van der Waals surface area contributed by atoms with Crippen LogP contribution in [0.25, 0.3) is 0 Å². The number of carboxylic acid groups (broad SMARTS) is 1. The molecule has 0 spiro atoms. The van der Waals surface area contributed by atoms with Crippen LogP contribution in [-0.2, 0) is 9.53 Å². The van der Waals surface area contributed by atoms with Crippen LogP contribution in [0.4, 0.5) is 8.78 Å². The van der Waals surface area contributed by atoms with Crippen molar-refractivity contribution < 1.29 is 28.2 Å². The predicted octanol–water partition coefficient (Wildman–Crippen LogP) is 4.22. The Kier molecular flexibility index (Phi) is 5.53. The lowest BCUT2D eigenvalue weighted by atomic mass is 10.0. The van der Waals surface area contributed by atoms with Crippen LogP contribution in [0.15, 0.2) is 48.5 Å². The minimum atomic E-state index is -4.26. The summed E-state index contributed by atoms with van der Waals surface area (Å²) in [7, 11) is 0. The molecule has 0 aliphatic rings. The van der Waals surface area contributed by atoms with Gasteiger partial charge in [-0.25, -0.2) is 9.59 Å². The predicted molar refractivity (Wildman–Crippen MR) is 91.1 cm³/mol. The number of carbonyl (C=O) groups is 2. The Morgan fingerprint density at radius 1 is 1.17 bits per heavy atom. The molecule has 0 aliphatic carbocycles. The first-order valence-corrected chi connectivity index (χ1v) is 7.94. The number of hydrogen-bond donors (Lipinski definition) is 1. The van der Waals surface area contributed by atoms with Crippen molar-refractivity contribution in [3.63, 3.8) is 0 Å². The van der Waals surface area contributed by atoms with E-state index >= 15 is 0 Å². The quantitative estimate of drug-likeness (QED) is 0.552. The number of rotatable bonds is 5. The van der Waals surface area contributed by atoms with E-state index in [0.29, 0.717) is 0 Å². The maximum atomic E-state index is 14.0. The molecule has 0 saturated heterocycles. The van der Waals surface area contributed by atoms with Gasteiger partial charge in [0.1, 0.15) is 0 Å². The van der Waals surface area contributed by atoms with E-state index in [1.807, 2.05) is 29.5 Å². The van der Waals surface area contributed by atoms with Gasteiger partial charge in [0.2, 0.25) is 6.10 Å². The molecule has 1 N–H and O–H groups in total. The van der Waals surface area contributed by atoms with Gasteiger partial charge in [0.25, 0.3) is 0 Å². The zero-order chi connectivity index (χ0) is 17.9. The largest absolute Gasteiger partial charge is 0.477 e. The minimum Gasteiger partial charge on any atom is -0.477 e. The molecule has 1 unspecified atom stereocenters. The molecule has 2 aromatic rings. The third-order valence-electron chi connectivity index (χ3n) is 3.35. The smallest absolute Gasteiger partial charge is 0.382 e. The number of aryl methyl sites for hydroxylation is 1. The number of esters is 1. The van der Waals surface area contributed by atoms with Crippen molar-refractivity contribution in [3.8, 4) is 0 Å². The second-order valence-corrected chi connectivity index (χ2v) is 6.25. The van der Waals surface area contributed by atoms with Gasteiger partial charge >= 0.3 is 17.9 Å². The Balaban J connectivity index is 2.36. The Bertz CT molecular complexity index is 762. The lowest BCUT2D eigenvalue weighted by molar-refractivity contribution is -0.183. The van der Waals surface area contributed by atoms with Gasteiger partial charge in [0.05, 0.1) is 5.56 Å². The highest BCUT2D eigenvalue weighted by Gasteiger charge is 2.51.